The SMILES string of the molecule is CC(NC(=O)c1c(F)cccc1F)C(=O)c1ccccc1. The van der Waals surface area contributed by atoms with Gasteiger partial charge in [-0.15, -0.1) is 0 Å². The molecule has 3 nitrogen and oxygen atoms in total. The van der Waals surface area contributed by atoms with Gasteiger partial charge in [0, 0.05) is 5.56 Å². The molecule has 0 aliphatic heterocycles. The largest absolute Gasteiger partial charge is 0.342 e. The van der Waals surface area contributed by atoms with Crippen LogP contribution in [-0.2, 0) is 0 Å². The van der Waals surface area contributed by atoms with E-state index in [2.05, 4.69) is 5.32 Å². The number of hydrogen-bond acceptors (Lipinski definition) is 2. The van der Waals surface area contributed by atoms with Gasteiger partial charge < -0.3 is 5.32 Å². The van der Waals surface area contributed by atoms with E-state index in [4.69, 9.17) is 0 Å². The molecule has 1 amide bonds. The van der Waals surface area contributed by atoms with Crippen LogP contribution in [0.2, 0.25) is 0 Å². The summed E-state index contributed by atoms with van der Waals surface area (Å²) in [5, 5.41) is 2.31. The van der Waals surface area contributed by atoms with Crippen LogP contribution in [0.3, 0.4) is 0 Å². The highest BCUT2D eigenvalue weighted by Crippen LogP contribution is 2.12. The molecule has 2 aromatic carbocycles. The van der Waals surface area contributed by atoms with Gasteiger partial charge in [-0.05, 0) is 19.1 Å². The van der Waals surface area contributed by atoms with Crippen LogP contribution >= 0.6 is 0 Å². The lowest BCUT2D eigenvalue weighted by Crippen LogP contribution is -2.39. The summed E-state index contributed by atoms with van der Waals surface area (Å²) >= 11 is 0. The number of amides is 1. The maximum absolute atomic E-state index is 13.5. The van der Waals surface area contributed by atoms with Crippen molar-refractivity contribution in [3.05, 3.63) is 71.3 Å². The first-order valence-electron chi connectivity index (χ1n) is 6.35. The van der Waals surface area contributed by atoms with Gasteiger partial charge in [-0.3, -0.25) is 9.59 Å². The lowest BCUT2D eigenvalue weighted by Gasteiger charge is -2.13. The molecule has 5 heteroatoms. The Morgan fingerprint density at radius 2 is 1.52 bits per heavy atom. The summed E-state index contributed by atoms with van der Waals surface area (Å²) in [7, 11) is 0. The minimum Gasteiger partial charge on any atom is -0.342 e. The van der Waals surface area contributed by atoms with Crippen molar-refractivity contribution in [2.75, 3.05) is 0 Å². The fourth-order valence-electron chi connectivity index (χ4n) is 1.90. The fraction of sp³-hybridized carbons (Fsp3) is 0.125. The van der Waals surface area contributed by atoms with Crippen molar-refractivity contribution in [1.29, 1.82) is 0 Å². The highest BCUT2D eigenvalue weighted by molar-refractivity contribution is 6.04. The third-order valence-corrected chi connectivity index (χ3v) is 2.99. The Morgan fingerprint density at radius 3 is 2.10 bits per heavy atom. The van der Waals surface area contributed by atoms with Crippen LogP contribution in [0, 0.1) is 11.6 Å². The van der Waals surface area contributed by atoms with E-state index in [1.807, 2.05) is 0 Å². The van der Waals surface area contributed by atoms with Gasteiger partial charge in [0.25, 0.3) is 5.91 Å². The highest BCUT2D eigenvalue weighted by atomic mass is 19.1. The van der Waals surface area contributed by atoms with Crippen LogP contribution in [-0.4, -0.2) is 17.7 Å². The number of hydrogen-bond donors (Lipinski definition) is 1. The first-order valence-corrected chi connectivity index (χ1v) is 6.35. The van der Waals surface area contributed by atoms with E-state index in [-0.39, 0.29) is 5.78 Å². The lowest BCUT2D eigenvalue weighted by molar-refractivity contribution is 0.0860. The molecule has 0 radical (unpaired) electrons. The molecule has 2 aromatic rings. The zero-order valence-electron chi connectivity index (χ0n) is 11.3. The van der Waals surface area contributed by atoms with Gasteiger partial charge in [0.2, 0.25) is 0 Å². The zero-order chi connectivity index (χ0) is 15.4. The molecular formula is C16H13F2NO2. The Hall–Kier alpha value is -2.56. The molecular weight excluding hydrogens is 276 g/mol. The topological polar surface area (TPSA) is 46.2 Å². The summed E-state index contributed by atoms with van der Waals surface area (Å²) in [5.74, 6) is -3.22. The summed E-state index contributed by atoms with van der Waals surface area (Å²) in [6.07, 6.45) is 0. The number of carbonyl (C=O) groups excluding carboxylic acids is 2. The van der Waals surface area contributed by atoms with Gasteiger partial charge >= 0.3 is 0 Å². The van der Waals surface area contributed by atoms with Crippen molar-refractivity contribution in [2.45, 2.75) is 13.0 Å². The molecule has 0 spiro atoms. The van der Waals surface area contributed by atoms with Crippen molar-refractivity contribution >= 4 is 11.7 Å². The van der Waals surface area contributed by atoms with Crippen LogP contribution in [0.25, 0.3) is 0 Å². The van der Waals surface area contributed by atoms with Crippen LogP contribution < -0.4 is 5.32 Å². The number of nitrogens with one attached hydrogen (secondary N) is 1. The molecule has 21 heavy (non-hydrogen) atoms. The Balaban J connectivity index is 2.15. The second-order valence-electron chi connectivity index (χ2n) is 4.52. The van der Waals surface area contributed by atoms with Crippen LogP contribution in [0.4, 0.5) is 8.78 Å². The van der Waals surface area contributed by atoms with Crippen LogP contribution in [0.5, 0.6) is 0 Å². The first kappa shape index (κ1) is 14.8. The minimum atomic E-state index is -0.966. The summed E-state index contributed by atoms with van der Waals surface area (Å²) in [4.78, 5) is 24.0. The summed E-state index contributed by atoms with van der Waals surface area (Å²) in [6, 6.07) is 10.6. The number of rotatable bonds is 4. The Morgan fingerprint density at radius 1 is 0.952 bits per heavy atom. The molecule has 1 unspecified atom stereocenters. The number of benzene rings is 2. The average molecular weight is 289 g/mol. The number of carbonyl (C=O) groups is 2. The molecule has 108 valence electrons. The fourth-order valence-corrected chi connectivity index (χ4v) is 1.90. The van der Waals surface area contributed by atoms with E-state index in [1.54, 1.807) is 30.3 Å². The normalized spacial score (nSPS) is 11.8. The Labute approximate surface area is 120 Å². The first-order chi connectivity index (χ1) is 10.0. The minimum absolute atomic E-state index is 0.333. The van der Waals surface area contributed by atoms with Gasteiger partial charge in [-0.25, -0.2) is 8.78 Å². The van der Waals surface area contributed by atoms with E-state index in [0.29, 0.717) is 5.56 Å². The second-order valence-corrected chi connectivity index (χ2v) is 4.52. The number of Topliss-reactive ketones (excluding diaryl/α,β-unsaturated/α-hetero) is 1. The number of ketones is 1. The van der Waals surface area contributed by atoms with Gasteiger partial charge in [-0.1, -0.05) is 36.4 Å². The van der Waals surface area contributed by atoms with Crippen molar-refractivity contribution in [2.24, 2.45) is 0 Å². The second kappa shape index (κ2) is 6.26. The van der Waals surface area contributed by atoms with E-state index in [1.165, 1.54) is 13.0 Å². The van der Waals surface area contributed by atoms with E-state index < -0.39 is 29.1 Å². The predicted molar refractivity (Wildman–Crippen MR) is 74.1 cm³/mol. The number of halogens is 2. The monoisotopic (exact) mass is 289 g/mol. The van der Waals surface area contributed by atoms with Crippen LogP contribution in [0.15, 0.2) is 48.5 Å². The van der Waals surface area contributed by atoms with E-state index in [9.17, 15) is 18.4 Å². The molecule has 0 aliphatic rings. The van der Waals surface area contributed by atoms with Crippen molar-refractivity contribution in [3.8, 4) is 0 Å². The van der Waals surface area contributed by atoms with Crippen molar-refractivity contribution in [3.63, 3.8) is 0 Å². The summed E-state index contributed by atoms with van der Waals surface area (Å²) in [5.41, 5.74) is -0.274. The highest BCUT2D eigenvalue weighted by Gasteiger charge is 2.22. The molecule has 0 fully saturated rings. The van der Waals surface area contributed by atoms with Gasteiger partial charge in [0.15, 0.2) is 5.78 Å². The molecule has 1 N–H and O–H groups in total. The molecule has 0 heterocycles. The Kier molecular flexibility index (Phi) is 4.42. The maximum atomic E-state index is 13.5. The maximum Gasteiger partial charge on any atom is 0.257 e. The summed E-state index contributed by atoms with van der Waals surface area (Å²) in [6.45, 7) is 1.46. The molecule has 0 saturated heterocycles. The molecule has 0 aromatic heterocycles. The molecule has 0 aliphatic carbocycles. The van der Waals surface area contributed by atoms with Gasteiger partial charge in [0.05, 0.1) is 6.04 Å². The molecule has 0 bridgehead atoms. The average Bonchev–Trinajstić information content (AvgIpc) is 2.47. The van der Waals surface area contributed by atoms with E-state index in [0.717, 1.165) is 12.1 Å². The predicted octanol–water partition coefficient (Wildman–Crippen LogP) is 2.97. The van der Waals surface area contributed by atoms with Gasteiger partial charge in [0.1, 0.15) is 17.2 Å². The van der Waals surface area contributed by atoms with Crippen LogP contribution in [0.1, 0.15) is 27.6 Å². The zero-order valence-corrected chi connectivity index (χ0v) is 11.3. The third-order valence-electron chi connectivity index (χ3n) is 2.99. The summed E-state index contributed by atoms with van der Waals surface area (Å²) < 4.78 is 27.0. The van der Waals surface area contributed by atoms with Gasteiger partial charge in [-0.2, -0.15) is 0 Å². The standard InChI is InChI=1S/C16H13F2NO2/c1-10(15(20)11-6-3-2-4-7-11)19-16(21)14-12(17)8-5-9-13(14)18/h2-10H,1H3,(H,19,21). The quantitative estimate of drug-likeness (QED) is 0.880. The smallest absolute Gasteiger partial charge is 0.257 e. The third kappa shape index (κ3) is 3.31. The lowest BCUT2D eigenvalue weighted by atomic mass is 10.0. The molecule has 0 saturated carbocycles. The Bertz CT molecular complexity index is 651. The molecule has 2 rings (SSSR count). The van der Waals surface area contributed by atoms with Crippen molar-refractivity contribution < 1.29 is 18.4 Å². The van der Waals surface area contributed by atoms with E-state index >= 15 is 0 Å². The van der Waals surface area contributed by atoms with Crippen molar-refractivity contribution in [1.82, 2.24) is 5.32 Å². The molecule has 1 atom stereocenters.